The molecule has 0 fully saturated rings. The summed E-state index contributed by atoms with van der Waals surface area (Å²) in [7, 11) is -4.22. The van der Waals surface area contributed by atoms with Gasteiger partial charge in [-0.3, -0.25) is 9.35 Å². The van der Waals surface area contributed by atoms with Crippen molar-refractivity contribution in [3.63, 3.8) is 0 Å². The Morgan fingerprint density at radius 1 is 1.09 bits per heavy atom. The lowest BCUT2D eigenvalue weighted by atomic mass is 10.0. The van der Waals surface area contributed by atoms with Crippen molar-refractivity contribution in [2.45, 2.75) is 51.6 Å². The fourth-order valence-corrected chi connectivity index (χ4v) is 4.61. The fraction of sp³-hybridized carbons (Fsp3) is 0.286. The molecule has 2 heterocycles. The molecule has 0 aliphatic carbocycles. The molecule has 46 heavy (non-hydrogen) atoms. The molecular formula is C28H30ClF3N6O7S. The van der Waals surface area contributed by atoms with Crippen molar-refractivity contribution < 1.29 is 45.0 Å². The molecule has 1 unspecified atom stereocenters. The van der Waals surface area contributed by atoms with Crippen LogP contribution < -0.4 is 16.2 Å². The first kappa shape index (κ1) is 36.2. The highest BCUT2D eigenvalue weighted by Crippen LogP contribution is 2.40. The van der Waals surface area contributed by atoms with Crippen LogP contribution in [0.2, 0.25) is 5.02 Å². The van der Waals surface area contributed by atoms with Crippen molar-refractivity contribution in [1.29, 1.82) is 0 Å². The topological polar surface area (TPSA) is 206 Å². The molecule has 0 saturated carbocycles. The van der Waals surface area contributed by atoms with E-state index in [1.54, 1.807) is 37.3 Å². The summed E-state index contributed by atoms with van der Waals surface area (Å²) in [4.78, 5) is 18.9. The number of aromatic nitrogens is 4. The number of alkyl halides is 3. The van der Waals surface area contributed by atoms with E-state index in [1.807, 2.05) is 0 Å². The van der Waals surface area contributed by atoms with Gasteiger partial charge in [0.05, 0.1) is 23.2 Å². The third kappa shape index (κ3) is 10.7. The molecule has 248 valence electrons. The quantitative estimate of drug-likeness (QED) is 0.167. The second-order valence-corrected chi connectivity index (χ2v) is 11.5. The Kier molecular flexibility index (Phi) is 11.7. The van der Waals surface area contributed by atoms with Gasteiger partial charge in [0, 0.05) is 28.4 Å². The monoisotopic (exact) mass is 686 g/mol. The van der Waals surface area contributed by atoms with Gasteiger partial charge in [0.1, 0.15) is 6.04 Å². The Balaban J connectivity index is 0.000000637. The van der Waals surface area contributed by atoms with Gasteiger partial charge in [0.25, 0.3) is 0 Å². The zero-order valence-electron chi connectivity index (χ0n) is 24.5. The lowest BCUT2D eigenvalue weighted by molar-refractivity contribution is -0.198. The summed E-state index contributed by atoms with van der Waals surface area (Å²) in [6.45, 7) is 4.72. The first-order valence-corrected chi connectivity index (χ1v) is 15.0. The summed E-state index contributed by atoms with van der Waals surface area (Å²) in [5, 5.41) is 13.4. The van der Waals surface area contributed by atoms with Crippen LogP contribution in [0.5, 0.6) is 5.88 Å². The number of nitrogens with two attached hydrogens (primary N) is 2. The molecule has 0 aliphatic rings. The van der Waals surface area contributed by atoms with Gasteiger partial charge in [-0.15, -0.1) is 0 Å². The van der Waals surface area contributed by atoms with Crippen molar-refractivity contribution >= 4 is 33.9 Å². The molecular weight excluding hydrogens is 657 g/mol. The van der Waals surface area contributed by atoms with Crippen LogP contribution in [0.1, 0.15) is 36.8 Å². The summed E-state index contributed by atoms with van der Waals surface area (Å²) < 4.78 is 81.1. The maximum Gasteiger partial charge on any atom is 0.429 e. The van der Waals surface area contributed by atoms with Gasteiger partial charge in [0.15, 0.2) is 0 Å². The van der Waals surface area contributed by atoms with Crippen LogP contribution in [-0.2, 0) is 25.8 Å². The minimum atomic E-state index is -4.84. The number of nitrogen functional groups attached to an aromatic ring is 1. The van der Waals surface area contributed by atoms with Gasteiger partial charge in [-0.1, -0.05) is 41.9 Å². The molecule has 4 rings (SSSR count). The van der Waals surface area contributed by atoms with Gasteiger partial charge < -0.3 is 21.3 Å². The van der Waals surface area contributed by atoms with Gasteiger partial charge >= 0.3 is 22.5 Å². The highest BCUT2D eigenvalue weighted by Gasteiger charge is 2.45. The number of hydrogen-bond acceptors (Lipinski definition) is 10. The minimum absolute atomic E-state index is 0.0883. The maximum atomic E-state index is 14.3. The third-order valence-corrected chi connectivity index (χ3v) is 6.70. The van der Waals surface area contributed by atoms with E-state index in [4.69, 9.17) is 37.5 Å². The number of benzene rings is 2. The van der Waals surface area contributed by atoms with Crippen LogP contribution in [0.4, 0.5) is 19.1 Å². The summed E-state index contributed by atoms with van der Waals surface area (Å²) in [6.07, 6.45) is -6.14. The van der Waals surface area contributed by atoms with Crippen molar-refractivity contribution in [2.75, 3.05) is 5.73 Å². The largest absolute Gasteiger partial charge is 0.480 e. The lowest BCUT2D eigenvalue weighted by Crippen LogP contribution is -2.32. The summed E-state index contributed by atoms with van der Waals surface area (Å²) >= 11 is 6.08. The van der Waals surface area contributed by atoms with E-state index >= 15 is 0 Å². The highest BCUT2D eigenvalue weighted by molar-refractivity contribution is 7.80. The Labute approximate surface area is 266 Å². The number of carboxylic acids is 1. The number of aryl methyl sites for hydroxylation is 1. The molecule has 18 heteroatoms. The number of aliphatic carboxylic acids is 1. The van der Waals surface area contributed by atoms with Crippen LogP contribution >= 0.6 is 11.6 Å². The fourth-order valence-electron chi connectivity index (χ4n) is 3.96. The molecule has 2 atom stereocenters. The number of carbonyl (C=O) groups is 1. The standard InChI is InChI=1S/C25H22ClF3N6O3.C3H8O4S/c1-13-8-9-35(34-13)20-11-16(26)6-7-17(20)22(25(27,28)29)38-21-12-19(32-24(31)33-21)15-4-2-14(3-5-15)10-18(30)23(36)37;1-3(2)7-8(4,5)6/h2-9,11-12,18,22H,10,30H2,1H3,(H,36,37)(H2,31,32,33);3H,1-2H3,(H,4,5,6)/t18?,22-;/m1./s1. The Morgan fingerprint density at radius 2 is 1.74 bits per heavy atom. The van der Waals surface area contributed by atoms with Crippen LogP contribution in [0.3, 0.4) is 0 Å². The van der Waals surface area contributed by atoms with Gasteiger partial charge in [0.2, 0.25) is 17.9 Å². The molecule has 13 nitrogen and oxygen atoms in total. The molecule has 6 N–H and O–H groups in total. The molecule has 0 saturated heterocycles. The van der Waals surface area contributed by atoms with Crippen LogP contribution in [0.15, 0.2) is 60.8 Å². The van der Waals surface area contributed by atoms with E-state index < -0.39 is 46.7 Å². The number of ether oxygens (including phenoxy) is 1. The second-order valence-electron chi connectivity index (χ2n) is 10.0. The van der Waals surface area contributed by atoms with Crippen LogP contribution in [-0.4, -0.2) is 62.1 Å². The van der Waals surface area contributed by atoms with Crippen molar-refractivity contribution in [2.24, 2.45) is 5.73 Å². The molecule has 4 aromatic rings. The average Bonchev–Trinajstić information content (AvgIpc) is 3.36. The molecule has 2 aromatic carbocycles. The third-order valence-electron chi connectivity index (χ3n) is 5.84. The van der Waals surface area contributed by atoms with E-state index in [1.165, 1.54) is 49.0 Å². The molecule has 0 bridgehead atoms. The Bertz CT molecular complexity index is 1770. The minimum Gasteiger partial charge on any atom is -0.480 e. The molecule has 0 aliphatic heterocycles. The van der Waals surface area contributed by atoms with E-state index in [-0.39, 0.29) is 34.3 Å². The van der Waals surface area contributed by atoms with E-state index in [0.717, 1.165) is 0 Å². The highest BCUT2D eigenvalue weighted by atomic mass is 35.5. The first-order chi connectivity index (χ1) is 21.3. The Hall–Kier alpha value is -4.29. The average molecular weight is 687 g/mol. The number of carboxylic acid groups (broad SMARTS) is 1. The molecule has 0 amide bonds. The molecule has 0 radical (unpaired) electrons. The Morgan fingerprint density at radius 3 is 2.24 bits per heavy atom. The van der Waals surface area contributed by atoms with Crippen LogP contribution in [0.25, 0.3) is 16.9 Å². The SMILES string of the molecule is CC(C)OS(=O)(=O)O.Cc1ccn(-c2cc(Cl)ccc2[C@@H](Oc2cc(-c3ccc(CC(N)C(=O)O)cc3)nc(N)n2)C(F)(F)F)n1. The van der Waals surface area contributed by atoms with E-state index in [0.29, 0.717) is 16.8 Å². The van der Waals surface area contributed by atoms with E-state index in [2.05, 4.69) is 19.2 Å². The van der Waals surface area contributed by atoms with Crippen molar-refractivity contribution in [1.82, 2.24) is 19.7 Å². The van der Waals surface area contributed by atoms with Crippen molar-refractivity contribution in [3.05, 3.63) is 82.6 Å². The summed E-state index contributed by atoms with van der Waals surface area (Å²) in [5.74, 6) is -1.83. The number of nitrogens with zero attached hydrogens (tertiary/aromatic N) is 4. The van der Waals surface area contributed by atoms with E-state index in [9.17, 15) is 26.4 Å². The summed E-state index contributed by atoms with van der Waals surface area (Å²) in [5.41, 5.74) is 13.2. The molecule has 2 aromatic heterocycles. The number of anilines is 1. The summed E-state index contributed by atoms with van der Waals surface area (Å²) in [6, 6.07) is 12.2. The lowest BCUT2D eigenvalue weighted by Gasteiger charge is -2.24. The smallest absolute Gasteiger partial charge is 0.429 e. The first-order valence-electron chi connectivity index (χ1n) is 13.3. The zero-order valence-corrected chi connectivity index (χ0v) is 26.1. The van der Waals surface area contributed by atoms with Crippen LogP contribution in [0, 0.1) is 6.92 Å². The second kappa shape index (κ2) is 14.9. The predicted molar refractivity (Wildman–Crippen MR) is 162 cm³/mol. The van der Waals surface area contributed by atoms with Crippen molar-refractivity contribution in [3.8, 4) is 22.8 Å². The van der Waals surface area contributed by atoms with Gasteiger partial charge in [-0.05, 0) is 51.0 Å². The van der Waals surface area contributed by atoms with Gasteiger partial charge in [-0.2, -0.15) is 31.7 Å². The zero-order chi connectivity index (χ0) is 34.4. The predicted octanol–water partition coefficient (Wildman–Crippen LogP) is 4.72. The van der Waals surface area contributed by atoms with Gasteiger partial charge in [-0.25, -0.2) is 13.8 Å². The number of rotatable bonds is 10. The number of halogens is 4. The number of hydrogen-bond donors (Lipinski definition) is 4. The normalized spacial score (nSPS) is 13.1. The maximum absolute atomic E-state index is 14.3. The molecule has 0 spiro atoms.